The molecule has 6 nitrogen and oxygen atoms in total. The third kappa shape index (κ3) is 2.83. The van der Waals surface area contributed by atoms with Gasteiger partial charge in [0.25, 0.3) is 11.8 Å². The van der Waals surface area contributed by atoms with Gasteiger partial charge in [0.2, 0.25) is 5.91 Å². The van der Waals surface area contributed by atoms with E-state index in [4.69, 9.17) is 0 Å². The lowest BCUT2D eigenvalue weighted by molar-refractivity contribution is -0.131. The van der Waals surface area contributed by atoms with Crippen molar-refractivity contribution in [2.75, 3.05) is 19.6 Å². The number of aryl methyl sites for hydroxylation is 1. The van der Waals surface area contributed by atoms with E-state index < -0.39 is 0 Å². The summed E-state index contributed by atoms with van der Waals surface area (Å²) >= 11 is 0. The molecule has 0 fully saturated rings. The largest absolute Gasteiger partial charge is 0.358 e. The Balaban J connectivity index is 1.32. The molecule has 146 valence electrons. The number of H-pyrrole nitrogens is 1. The summed E-state index contributed by atoms with van der Waals surface area (Å²) in [5.74, 6) is -0.967. The summed E-state index contributed by atoms with van der Waals surface area (Å²) in [4.78, 5) is 44.3. The first-order valence-electron chi connectivity index (χ1n) is 9.86. The van der Waals surface area contributed by atoms with Crippen LogP contribution in [0.5, 0.6) is 0 Å². The number of carbonyl (C=O) groups excluding carboxylic acids is 3. The predicted octanol–water partition coefficient (Wildman–Crippen LogP) is 2.70. The van der Waals surface area contributed by atoms with Crippen molar-refractivity contribution in [3.63, 3.8) is 0 Å². The smallest absolute Gasteiger partial charge is 0.262 e. The van der Waals surface area contributed by atoms with Crippen LogP contribution in [0.2, 0.25) is 0 Å². The number of hydrogen-bond acceptors (Lipinski definition) is 3. The quantitative estimate of drug-likeness (QED) is 0.687. The van der Waals surface area contributed by atoms with Crippen molar-refractivity contribution in [3.8, 4) is 0 Å². The van der Waals surface area contributed by atoms with E-state index in [2.05, 4.69) is 30.1 Å². The molecule has 2 aliphatic rings. The van der Waals surface area contributed by atoms with E-state index in [1.54, 1.807) is 29.2 Å². The Morgan fingerprint density at radius 3 is 2.41 bits per heavy atom. The van der Waals surface area contributed by atoms with Crippen molar-refractivity contribution in [1.29, 1.82) is 0 Å². The topological polar surface area (TPSA) is 73.5 Å². The number of imide groups is 1. The fourth-order valence-corrected chi connectivity index (χ4v) is 4.39. The molecule has 0 atom stereocenters. The number of benzene rings is 2. The lowest BCUT2D eigenvalue weighted by atomic mass is 10.1. The minimum atomic E-state index is -0.388. The van der Waals surface area contributed by atoms with Gasteiger partial charge in [-0.25, -0.2) is 0 Å². The first-order valence-corrected chi connectivity index (χ1v) is 9.86. The molecule has 1 aromatic heterocycles. The zero-order valence-corrected chi connectivity index (χ0v) is 16.2. The number of carbonyl (C=O) groups is 3. The molecular weight excluding hydrogens is 366 g/mol. The molecule has 0 radical (unpaired) electrons. The highest BCUT2D eigenvalue weighted by atomic mass is 16.2. The average molecular weight is 387 g/mol. The normalized spacial score (nSPS) is 16.2. The molecule has 0 aliphatic carbocycles. The SMILES string of the molecule is Cc1ccc2[nH]c3c(c2c1)CCN(C(=O)CN1C(=O)c2ccccc2C1=O)CC3. The Labute approximate surface area is 168 Å². The lowest BCUT2D eigenvalue weighted by Crippen LogP contribution is -2.43. The van der Waals surface area contributed by atoms with Gasteiger partial charge in [0.15, 0.2) is 0 Å². The van der Waals surface area contributed by atoms with Gasteiger partial charge in [0.05, 0.1) is 11.1 Å². The molecule has 2 aromatic carbocycles. The van der Waals surface area contributed by atoms with Crippen molar-refractivity contribution in [2.45, 2.75) is 19.8 Å². The van der Waals surface area contributed by atoms with E-state index in [1.165, 1.54) is 22.2 Å². The Bertz CT molecular complexity index is 1140. The molecule has 6 heteroatoms. The van der Waals surface area contributed by atoms with Crippen LogP contribution in [0.1, 0.15) is 37.5 Å². The zero-order valence-electron chi connectivity index (χ0n) is 16.2. The Morgan fingerprint density at radius 2 is 1.69 bits per heavy atom. The molecule has 3 amide bonds. The Hall–Kier alpha value is -3.41. The third-order valence-electron chi connectivity index (χ3n) is 5.94. The molecule has 0 saturated carbocycles. The van der Waals surface area contributed by atoms with Gasteiger partial charge in [-0.05, 0) is 43.2 Å². The van der Waals surface area contributed by atoms with Crippen LogP contribution in [0.15, 0.2) is 42.5 Å². The number of amides is 3. The first-order chi connectivity index (χ1) is 14.0. The molecule has 3 heterocycles. The van der Waals surface area contributed by atoms with Gasteiger partial charge >= 0.3 is 0 Å². The Morgan fingerprint density at radius 1 is 1.00 bits per heavy atom. The molecule has 0 spiro atoms. The van der Waals surface area contributed by atoms with Crippen LogP contribution in [0.25, 0.3) is 10.9 Å². The molecule has 0 unspecified atom stereocenters. The summed E-state index contributed by atoms with van der Waals surface area (Å²) in [5, 5.41) is 1.22. The predicted molar refractivity (Wildman–Crippen MR) is 109 cm³/mol. The van der Waals surface area contributed by atoms with Crippen LogP contribution < -0.4 is 0 Å². The maximum absolute atomic E-state index is 12.9. The molecule has 29 heavy (non-hydrogen) atoms. The monoisotopic (exact) mass is 387 g/mol. The Kier molecular flexibility index (Phi) is 4.01. The lowest BCUT2D eigenvalue weighted by Gasteiger charge is -2.23. The number of hydrogen-bond donors (Lipinski definition) is 1. The molecule has 0 saturated heterocycles. The molecule has 2 aliphatic heterocycles. The first kappa shape index (κ1) is 17.7. The fourth-order valence-electron chi connectivity index (χ4n) is 4.39. The van der Waals surface area contributed by atoms with Crippen LogP contribution in [-0.4, -0.2) is 52.1 Å². The molecule has 0 bridgehead atoms. The summed E-state index contributed by atoms with van der Waals surface area (Å²) in [5.41, 5.74) is 5.52. The highest BCUT2D eigenvalue weighted by Crippen LogP contribution is 2.27. The van der Waals surface area contributed by atoms with Gasteiger partial charge in [-0.3, -0.25) is 19.3 Å². The van der Waals surface area contributed by atoms with Gasteiger partial charge in [-0.15, -0.1) is 0 Å². The van der Waals surface area contributed by atoms with E-state index in [0.29, 0.717) is 24.2 Å². The van der Waals surface area contributed by atoms with E-state index in [1.807, 2.05) is 0 Å². The maximum Gasteiger partial charge on any atom is 0.262 e. The molecule has 1 N–H and O–H groups in total. The van der Waals surface area contributed by atoms with Crippen molar-refractivity contribution >= 4 is 28.6 Å². The molecular formula is C23H21N3O3. The summed E-state index contributed by atoms with van der Waals surface area (Å²) in [6, 6.07) is 13.1. The van der Waals surface area contributed by atoms with Crippen LogP contribution in [0.3, 0.4) is 0 Å². The summed E-state index contributed by atoms with van der Waals surface area (Å²) in [7, 11) is 0. The standard InChI is InChI=1S/C23H21N3O3/c1-14-6-7-19-18(12-14)15-8-10-25(11-9-20(15)24-19)21(27)13-26-22(28)16-4-2-3-5-17(16)23(26)29/h2-7,12,24H,8-11,13H2,1H3. The summed E-state index contributed by atoms with van der Waals surface area (Å²) < 4.78 is 0. The minimum absolute atomic E-state index is 0.190. The van der Waals surface area contributed by atoms with Gasteiger partial charge < -0.3 is 9.88 Å². The number of rotatable bonds is 2. The summed E-state index contributed by atoms with van der Waals surface area (Å²) in [6.07, 6.45) is 1.49. The number of nitrogens with one attached hydrogen (secondary N) is 1. The zero-order chi connectivity index (χ0) is 20.1. The van der Waals surface area contributed by atoms with Crippen molar-refractivity contribution in [1.82, 2.24) is 14.8 Å². The van der Waals surface area contributed by atoms with E-state index in [9.17, 15) is 14.4 Å². The van der Waals surface area contributed by atoms with Crippen molar-refractivity contribution < 1.29 is 14.4 Å². The highest BCUT2D eigenvalue weighted by molar-refractivity contribution is 6.22. The van der Waals surface area contributed by atoms with Crippen molar-refractivity contribution in [3.05, 3.63) is 70.4 Å². The molecule has 5 rings (SSSR count). The van der Waals surface area contributed by atoms with E-state index >= 15 is 0 Å². The molecule has 3 aromatic rings. The van der Waals surface area contributed by atoms with Gasteiger partial charge in [0, 0.05) is 36.1 Å². The second kappa shape index (κ2) is 6.58. The van der Waals surface area contributed by atoms with E-state index in [0.717, 1.165) is 23.3 Å². The van der Waals surface area contributed by atoms with Crippen LogP contribution in [0, 0.1) is 6.92 Å². The second-order valence-corrected chi connectivity index (χ2v) is 7.75. The van der Waals surface area contributed by atoms with Crippen LogP contribution in [0.4, 0.5) is 0 Å². The fraction of sp³-hybridized carbons (Fsp3) is 0.261. The third-order valence-corrected chi connectivity index (χ3v) is 5.94. The van der Waals surface area contributed by atoms with E-state index in [-0.39, 0.29) is 24.3 Å². The van der Waals surface area contributed by atoms with Gasteiger partial charge in [-0.1, -0.05) is 23.8 Å². The number of aromatic nitrogens is 1. The van der Waals surface area contributed by atoms with Crippen LogP contribution >= 0.6 is 0 Å². The number of aromatic amines is 1. The summed E-state index contributed by atoms with van der Waals surface area (Å²) in [6.45, 7) is 3.02. The van der Waals surface area contributed by atoms with Gasteiger partial charge in [0.1, 0.15) is 6.54 Å². The van der Waals surface area contributed by atoms with Crippen LogP contribution in [-0.2, 0) is 17.6 Å². The van der Waals surface area contributed by atoms with Gasteiger partial charge in [-0.2, -0.15) is 0 Å². The minimum Gasteiger partial charge on any atom is -0.358 e. The maximum atomic E-state index is 12.9. The number of nitrogens with zero attached hydrogens (tertiary/aromatic N) is 2. The second-order valence-electron chi connectivity index (χ2n) is 7.75. The average Bonchev–Trinajstić information content (AvgIpc) is 3.07. The number of fused-ring (bicyclic) bond motifs is 4. The van der Waals surface area contributed by atoms with Crippen molar-refractivity contribution in [2.24, 2.45) is 0 Å². The highest BCUT2D eigenvalue weighted by Gasteiger charge is 2.37.